The van der Waals surface area contributed by atoms with Crippen LogP contribution in [-0.2, 0) is 0 Å². The summed E-state index contributed by atoms with van der Waals surface area (Å²) in [6.45, 7) is 1.83. The van der Waals surface area contributed by atoms with Crippen molar-refractivity contribution in [3.63, 3.8) is 0 Å². The van der Waals surface area contributed by atoms with Crippen molar-refractivity contribution in [3.05, 3.63) is 47.0 Å². The normalized spacial score (nSPS) is 11.5. The van der Waals surface area contributed by atoms with Crippen molar-refractivity contribution in [2.45, 2.75) is 13.0 Å². The number of halogens is 1. The van der Waals surface area contributed by atoms with E-state index in [2.05, 4.69) is 9.97 Å². The topological polar surface area (TPSA) is 68.0 Å². The lowest BCUT2D eigenvalue weighted by molar-refractivity contribution is 0.211. The molecule has 0 radical (unpaired) electrons. The molecule has 0 saturated carbocycles. The molecule has 0 aliphatic heterocycles. The number of nitriles is 1. The van der Waals surface area contributed by atoms with Crippen LogP contribution in [0.2, 0.25) is 5.02 Å². The minimum absolute atomic E-state index is 0.316. The molecule has 1 unspecified atom stereocenters. The molecule has 0 spiro atoms. The van der Waals surface area contributed by atoms with Crippen LogP contribution < -0.4 is 9.47 Å². The third-order valence-corrected chi connectivity index (χ3v) is 2.93. The average Bonchev–Trinajstić information content (AvgIpc) is 2.49. The van der Waals surface area contributed by atoms with Crippen LogP contribution in [-0.4, -0.2) is 17.1 Å². The van der Waals surface area contributed by atoms with Gasteiger partial charge in [0.2, 0.25) is 0 Å². The molecule has 0 saturated heterocycles. The Balaban J connectivity index is 2.32. The molecule has 1 aromatic heterocycles. The van der Waals surface area contributed by atoms with Gasteiger partial charge in [0, 0.05) is 18.5 Å². The van der Waals surface area contributed by atoms with Crippen LogP contribution in [0.5, 0.6) is 11.5 Å². The summed E-state index contributed by atoms with van der Waals surface area (Å²) < 4.78 is 11.0. The van der Waals surface area contributed by atoms with Crippen LogP contribution >= 0.6 is 11.6 Å². The second-order valence-electron chi connectivity index (χ2n) is 3.99. The number of aromatic nitrogens is 2. The highest BCUT2D eigenvalue weighted by atomic mass is 35.5. The Morgan fingerprint density at radius 2 is 2.15 bits per heavy atom. The minimum Gasteiger partial charge on any atom is -0.493 e. The number of nitrogens with zero attached hydrogens (tertiary/aromatic N) is 3. The predicted octanol–water partition coefficient (Wildman–Crippen LogP) is 3.15. The summed E-state index contributed by atoms with van der Waals surface area (Å²) in [6.07, 6.45) is 4.45. The van der Waals surface area contributed by atoms with E-state index in [1.807, 2.05) is 13.0 Å². The zero-order chi connectivity index (χ0) is 14.5. The highest BCUT2D eigenvalue weighted by Gasteiger charge is 2.17. The van der Waals surface area contributed by atoms with Gasteiger partial charge in [0.05, 0.1) is 35.7 Å². The molecule has 20 heavy (non-hydrogen) atoms. The highest BCUT2D eigenvalue weighted by molar-refractivity contribution is 6.32. The Hall–Kier alpha value is -2.32. The molecular weight excluding hydrogens is 278 g/mol. The van der Waals surface area contributed by atoms with E-state index in [4.69, 9.17) is 26.3 Å². The molecule has 0 aliphatic rings. The van der Waals surface area contributed by atoms with E-state index in [0.717, 1.165) is 0 Å². The van der Waals surface area contributed by atoms with Gasteiger partial charge in [-0.2, -0.15) is 5.26 Å². The Labute approximate surface area is 121 Å². The fourth-order valence-electron chi connectivity index (χ4n) is 1.66. The molecule has 0 aliphatic carbocycles. The largest absolute Gasteiger partial charge is 0.493 e. The fourth-order valence-corrected chi connectivity index (χ4v) is 1.91. The van der Waals surface area contributed by atoms with Crippen LogP contribution in [0, 0.1) is 11.3 Å². The lowest BCUT2D eigenvalue weighted by Gasteiger charge is -2.17. The lowest BCUT2D eigenvalue weighted by Crippen LogP contribution is -2.07. The van der Waals surface area contributed by atoms with Gasteiger partial charge in [-0.05, 0) is 13.0 Å². The summed E-state index contributed by atoms with van der Waals surface area (Å²) in [5, 5.41) is 9.23. The van der Waals surface area contributed by atoms with Crippen LogP contribution in [0.4, 0.5) is 0 Å². The van der Waals surface area contributed by atoms with Crippen LogP contribution in [0.15, 0.2) is 30.7 Å². The second-order valence-corrected chi connectivity index (χ2v) is 4.40. The first-order valence-corrected chi connectivity index (χ1v) is 6.23. The molecule has 1 aromatic carbocycles. The summed E-state index contributed by atoms with van der Waals surface area (Å²) in [5.41, 5.74) is 1.08. The van der Waals surface area contributed by atoms with Crippen molar-refractivity contribution >= 4 is 11.6 Å². The number of hydrogen-bond donors (Lipinski definition) is 0. The molecule has 5 nitrogen and oxygen atoms in total. The number of ether oxygens (including phenoxy) is 2. The molecule has 0 fully saturated rings. The molecule has 0 amide bonds. The smallest absolute Gasteiger partial charge is 0.180 e. The maximum absolute atomic E-state index is 8.91. The Bertz CT molecular complexity index is 641. The molecule has 1 atom stereocenters. The summed E-state index contributed by atoms with van der Waals surface area (Å²) in [4.78, 5) is 8.16. The van der Waals surface area contributed by atoms with Crippen molar-refractivity contribution in [1.82, 2.24) is 9.97 Å². The van der Waals surface area contributed by atoms with Crippen molar-refractivity contribution in [2.24, 2.45) is 0 Å². The van der Waals surface area contributed by atoms with Gasteiger partial charge in [0.25, 0.3) is 0 Å². The SMILES string of the molecule is COc1cc(C#N)cc(Cl)c1OC(C)c1cnccn1. The maximum atomic E-state index is 8.91. The monoisotopic (exact) mass is 289 g/mol. The minimum atomic E-state index is -0.344. The molecule has 1 heterocycles. The third kappa shape index (κ3) is 2.98. The first kappa shape index (κ1) is 14.1. The van der Waals surface area contributed by atoms with Crippen molar-refractivity contribution in [1.29, 1.82) is 5.26 Å². The lowest BCUT2D eigenvalue weighted by atomic mass is 10.2. The predicted molar refractivity (Wildman–Crippen MR) is 73.8 cm³/mol. The standard InChI is InChI=1S/C14H12ClN3O2/c1-9(12-8-17-3-4-18-12)20-14-11(15)5-10(7-16)6-13(14)19-2/h3-6,8-9H,1-2H3. The van der Waals surface area contributed by atoms with Crippen molar-refractivity contribution in [2.75, 3.05) is 7.11 Å². The first-order valence-electron chi connectivity index (χ1n) is 5.86. The molecule has 0 N–H and O–H groups in total. The summed E-state index contributed by atoms with van der Waals surface area (Å²) in [7, 11) is 1.49. The first-order chi connectivity index (χ1) is 9.65. The van der Waals surface area contributed by atoms with E-state index in [1.165, 1.54) is 13.2 Å². The van der Waals surface area contributed by atoms with E-state index in [9.17, 15) is 0 Å². The third-order valence-electron chi connectivity index (χ3n) is 2.65. The summed E-state index contributed by atoms with van der Waals surface area (Å²) in [6, 6.07) is 5.12. The van der Waals surface area contributed by atoms with Crippen LogP contribution in [0.25, 0.3) is 0 Å². The van der Waals surface area contributed by atoms with Gasteiger partial charge in [-0.15, -0.1) is 0 Å². The zero-order valence-corrected chi connectivity index (χ0v) is 11.8. The van der Waals surface area contributed by atoms with Gasteiger partial charge in [-0.3, -0.25) is 9.97 Å². The quantitative estimate of drug-likeness (QED) is 0.865. The molecule has 2 aromatic rings. The van der Waals surface area contributed by atoms with E-state index < -0.39 is 0 Å². The fraction of sp³-hybridized carbons (Fsp3) is 0.214. The Morgan fingerprint density at radius 3 is 2.75 bits per heavy atom. The van der Waals surface area contributed by atoms with E-state index >= 15 is 0 Å². The molecule has 2 rings (SSSR count). The highest BCUT2D eigenvalue weighted by Crippen LogP contribution is 2.38. The summed E-state index contributed by atoms with van der Waals surface area (Å²) >= 11 is 6.13. The van der Waals surface area contributed by atoms with E-state index in [0.29, 0.717) is 27.8 Å². The molecule has 0 bridgehead atoms. The van der Waals surface area contributed by atoms with Gasteiger partial charge in [-0.25, -0.2) is 0 Å². The number of rotatable bonds is 4. The van der Waals surface area contributed by atoms with Gasteiger partial charge in [0.1, 0.15) is 6.10 Å². The number of benzene rings is 1. The average molecular weight is 290 g/mol. The Kier molecular flexibility index (Phi) is 4.38. The molecular formula is C14H12ClN3O2. The van der Waals surface area contributed by atoms with E-state index in [1.54, 1.807) is 24.7 Å². The Morgan fingerprint density at radius 1 is 1.35 bits per heavy atom. The van der Waals surface area contributed by atoms with Crippen molar-refractivity contribution in [3.8, 4) is 17.6 Å². The van der Waals surface area contributed by atoms with Crippen LogP contribution in [0.3, 0.4) is 0 Å². The van der Waals surface area contributed by atoms with Gasteiger partial charge >= 0.3 is 0 Å². The zero-order valence-electron chi connectivity index (χ0n) is 11.0. The van der Waals surface area contributed by atoms with Crippen molar-refractivity contribution < 1.29 is 9.47 Å². The molecule has 6 heteroatoms. The second kappa shape index (κ2) is 6.22. The van der Waals surface area contributed by atoms with Gasteiger partial charge in [-0.1, -0.05) is 11.6 Å². The number of methoxy groups -OCH3 is 1. The van der Waals surface area contributed by atoms with Gasteiger partial charge < -0.3 is 9.47 Å². The summed E-state index contributed by atoms with van der Waals surface area (Å²) in [5.74, 6) is 0.788. The maximum Gasteiger partial charge on any atom is 0.180 e. The molecule has 102 valence electrons. The van der Waals surface area contributed by atoms with Crippen LogP contribution in [0.1, 0.15) is 24.3 Å². The number of hydrogen-bond acceptors (Lipinski definition) is 5. The van der Waals surface area contributed by atoms with Gasteiger partial charge in [0.15, 0.2) is 11.5 Å². The van der Waals surface area contributed by atoms with E-state index in [-0.39, 0.29) is 6.10 Å².